The van der Waals surface area contributed by atoms with Crippen LogP contribution in [0.1, 0.15) is 6.92 Å². The van der Waals surface area contributed by atoms with Crippen LogP contribution < -0.4 is 4.74 Å². The zero-order valence-electron chi connectivity index (χ0n) is 6.64. The van der Waals surface area contributed by atoms with Crippen molar-refractivity contribution in [2.24, 2.45) is 0 Å². The minimum absolute atomic E-state index is 0.525. The summed E-state index contributed by atoms with van der Waals surface area (Å²) in [4.78, 5) is 0. The fourth-order valence-corrected chi connectivity index (χ4v) is 0.994. The number of hydrogen-bond acceptors (Lipinski definition) is 4. The van der Waals surface area contributed by atoms with Crippen molar-refractivity contribution in [3.05, 3.63) is 18.6 Å². The summed E-state index contributed by atoms with van der Waals surface area (Å²) in [5.74, 6) is 0.525. The van der Waals surface area contributed by atoms with E-state index in [2.05, 4.69) is 15.3 Å². The quantitative estimate of drug-likeness (QED) is 0.649. The maximum Gasteiger partial charge on any atom is 0.259 e. The lowest BCUT2D eigenvalue weighted by Crippen LogP contribution is -1.99. The molecule has 0 N–H and O–H groups in total. The number of aromatic nitrogens is 4. The molecule has 2 rings (SSSR count). The molecule has 0 radical (unpaired) electrons. The van der Waals surface area contributed by atoms with Gasteiger partial charge in [-0.05, 0) is 13.0 Å². The third-order valence-electron chi connectivity index (χ3n) is 1.48. The molecule has 2 aromatic rings. The van der Waals surface area contributed by atoms with Gasteiger partial charge in [0.25, 0.3) is 5.88 Å². The zero-order chi connectivity index (χ0) is 8.39. The topological polar surface area (TPSA) is 52.3 Å². The number of hydrogen-bond donors (Lipinski definition) is 0. The monoisotopic (exact) mass is 164 g/mol. The second kappa shape index (κ2) is 2.77. The van der Waals surface area contributed by atoms with E-state index in [1.807, 2.05) is 13.0 Å². The Kier molecular flexibility index (Phi) is 1.62. The smallest absolute Gasteiger partial charge is 0.259 e. The van der Waals surface area contributed by atoms with Gasteiger partial charge >= 0.3 is 0 Å². The fourth-order valence-electron chi connectivity index (χ4n) is 0.994. The minimum Gasteiger partial charge on any atom is -0.475 e. The summed E-state index contributed by atoms with van der Waals surface area (Å²) in [6.07, 6.45) is 3.22. The van der Waals surface area contributed by atoms with Gasteiger partial charge in [-0.25, -0.2) is 4.52 Å². The normalized spacial score (nSPS) is 10.4. The average molecular weight is 164 g/mol. The molecule has 0 unspecified atom stereocenters. The molecule has 0 spiro atoms. The summed E-state index contributed by atoms with van der Waals surface area (Å²) >= 11 is 0. The highest BCUT2D eigenvalue weighted by Gasteiger charge is 2.02. The molecule has 0 saturated heterocycles. The van der Waals surface area contributed by atoms with Crippen LogP contribution in [-0.2, 0) is 0 Å². The van der Waals surface area contributed by atoms with E-state index in [1.165, 1.54) is 6.33 Å². The van der Waals surface area contributed by atoms with Crippen molar-refractivity contribution in [3.63, 3.8) is 0 Å². The Morgan fingerprint density at radius 2 is 2.50 bits per heavy atom. The van der Waals surface area contributed by atoms with Gasteiger partial charge in [-0.3, -0.25) is 0 Å². The lowest BCUT2D eigenvalue weighted by molar-refractivity contribution is 0.324. The van der Waals surface area contributed by atoms with Crippen molar-refractivity contribution in [2.45, 2.75) is 6.92 Å². The Labute approximate surface area is 69.0 Å². The van der Waals surface area contributed by atoms with Crippen molar-refractivity contribution in [1.82, 2.24) is 19.8 Å². The van der Waals surface area contributed by atoms with Gasteiger partial charge in [0.05, 0.1) is 12.8 Å². The highest BCUT2D eigenvalue weighted by Crippen LogP contribution is 2.12. The number of ether oxygens (including phenoxy) is 1. The molecule has 62 valence electrons. The third kappa shape index (κ3) is 0.990. The summed E-state index contributed by atoms with van der Waals surface area (Å²) in [5.41, 5.74) is 0.840. The molecule has 5 nitrogen and oxygen atoms in total. The van der Waals surface area contributed by atoms with Gasteiger partial charge in [0.15, 0.2) is 0 Å². The van der Waals surface area contributed by atoms with E-state index in [9.17, 15) is 0 Å². The maximum atomic E-state index is 5.24. The molecule has 0 amide bonds. The first kappa shape index (κ1) is 7.02. The van der Waals surface area contributed by atoms with E-state index >= 15 is 0 Å². The Morgan fingerprint density at radius 1 is 1.58 bits per heavy atom. The Bertz CT molecular complexity index is 384. The van der Waals surface area contributed by atoms with E-state index in [1.54, 1.807) is 10.7 Å². The van der Waals surface area contributed by atoms with Crippen molar-refractivity contribution in [1.29, 1.82) is 0 Å². The molecule has 0 aromatic carbocycles. The van der Waals surface area contributed by atoms with Crippen molar-refractivity contribution >= 4 is 5.52 Å². The van der Waals surface area contributed by atoms with Crippen LogP contribution in [0.3, 0.4) is 0 Å². The molecule has 0 fully saturated rings. The zero-order valence-corrected chi connectivity index (χ0v) is 6.64. The molecule has 2 heterocycles. The van der Waals surface area contributed by atoms with Gasteiger partial charge in [-0.2, -0.15) is 5.10 Å². The number of nitrogens with zero attached hydrogens (tertiary/aromatic N) is 4. The van der Waals surface area contributed by atoms with Crippen LogP contribution in [0.15, 0.2) is 18.6 Å². The second-order valence-electron chi connectivity index (χ2n) is 2.23. The maximum absolute atomic E-state index is 5.24. The van der Waals surface area contributed by atoms with Crippen LogP contribution in [0.2, 0.25) is 0 Å². The summed E-state index contributed by atoms with van der Waals surface area (Å²) in [7, 11) is 0. The van der Waals surface area contributed by atoms with E-state index in [-0.39, 0.29) is 0 Å². The molecule has 0 saturated carbocycles. The standard InChI is InChI=1S/C7H8N4O/c1-2-12-7-6-3-4-9-11(6)5-8-10-7/h3-5H,2H2,1H3. The number of rotatable bonds is 2. The van der Waals surface area contributed by atoms with E-state index in [0.717, 1.165) is 5.52 Å². The molecule has 2 aromatic heterocycles. The van der Waals surface area contributed by atoms with Crippen LogP contribution in [0, 0.1) is 0 Å². The van der Waals surface area contributed by atoms with E-state index < -0.39 is 0 Å². The predicted molar refractivity (Wildman–Crippen MR) is 42.0 cm³/mol. The lowest BCUT2D eigenvalue weighted by Gasteiger charge is -2.00. The van der Waals surface area contributed by atoms with Crippen molar-refractivity contribution in [3.8, 4) is 5.88 Å². The van der Waals surface area contributed by atoms with Crippen LogP contribution >= 0.6 is 0 Å². The number of fused-ring (bicyclic) bond motifs is 1. The van der Waals surface area contributed by atoms with Gasteiger partial charge in [-0.15, -0.1) is 10.2 Å². The summed E-state index contributed by atoms with van der Waals surface area (Å²) in [5, 5.41) is 11.6. The third-order valence-corrected chi connectivity index (χ3v) is 1.48. The Morgan fingerprint density at radius 3 is 3.33 bits per heavy atom. The van der Waals surface area contributed by atoms with Gasteiger partial charge in [0.1, 0.15) is 11.8 Å². The molecule has 5 heteroatoms. The fraction of sp³-hybridized carbons (Fsp3) is 0.286. The predicted octanol–water partition coefficient (Wildman–Crippen LogP) is 0.523. The summed E-state index contributed by atoms with van der Waals surface area (Å²) < 4.78 is 6.87. The summed E-state index contributed by atoms with van der Waals surface area (Å²) in [6.45, 7) is 2.49. The van der Waals surface area contributed by atoms with Crippen LogP contribution in [-0.4, -0.2) is 26.4 Å². The van der Waals surface area contributed by atoms with Crippen LogP contribution in [0.4, 0.5) is 0 Å². The van der Waals surface area contributed by atoms with Gasteiger partial charge in [0, 0.05) is 0 Å². The van der Waals surface area contributed by atoms with Gasteiger partial charge in [-0.1, -0.05) is 0 Å². The van der Waals surface area contributed by atoms with Gasteiger partial charge < -0.3 is 4.74 Å². The molecule has 12 heavy (non-hydrogen) atoms. The Hall–Kier alpha value is -1.65. The molecular formula is C7H8N4O. The largest absolute Gasteiger partial charge is 0.475 e. The first-order valence-electron chi connectivity index (χ1n) is 3.69. The van der Waals surface area contributed by atoms with E-state index in [4.69, 9.17) is 4.74 Å². The van der Waals surface area contributed by atoms with Crippen LogP contribution in [0.5, 0.6) is 5.88 Å². The molecule has 0 aliphatic carbocycles. The average Bonchev–Trinajstić information content (AvgIpc) is 2.53. The Balaban J connectivity index is 2.57. The molecule has 0 aliphatic heterocycles. The minimum atomic E-state index is 0.525. The summed E-state index contributed by atoms with van der Waals surface area (Å²) in [6, 6.07) is 1.83. The second-order valence-corrected chi connectivity index (χ2v) is 2.23. The van der Waals surface area contributed by atoms with Crippen molar-refractivity contribution < 1.29 is 4.74 Å². The van der Waals surface area contributed by atoms with Gasteiger partial charge in [0.2, 0.25) is 0 Å². The van der Waals surface area contributed by atoms with Crippen molar-refractivity contribution in [2.75, 3.05) is 6.61 Å². The van der Waals surface area contributed by atoms with E-state index in [0.29, 0.717) is 12.5 Å². The highest BCUT2D eigenvalue weighted by molar-refractivity contribution is 5.53. The first-order chi connectivity index (χ1) is 5.92. The van der Waals surface area contributed by atoms with Crippen LogP contribution in [0.25, 0.3) is 5.52 Å². The molecule has 0 atom stereocenters. The first-order valence-corrected chi connectivity index (χ1v) is 3.69. The lowest BCUT2D eigenvalue weighted by atomic mass is 10.5. The molecular weight excluding hydrogens is 156 g/mol. The SMILES string of the molecule is CCOc1nncn2nccc12. The molecule has 0 bridgehead atoms. The highest BCUT2D eigenvalue weighted by atomic mass is 16.5. The molecule has 0 aliphatic rings.